The molecule has 2 aromatic heterocycles. The molecule has 0 radical (unpaired) electrons. The van der Waals surface area contributed by atoms with E-state index in [1.54, 1.807) is 12.4 Å². The number of hydrogen-bond acceptors (Lipinski definition) is 5. The highest BCUT2D eigenvalue weighted by atomic mass is 16.4. The molecule has 0 saturated heterocycles. The number of pyridine rings is 1. The molecule has 0 spiro atoms. The number of aromatic carboxylic acids is 1. The maximum Gasteiger partial charge on any atom is 0.356 e. The molecule has 2 rings (SSSR count). The first-order valence-electron chi connectivity index (χ1n) is 5.91. The number of carbonyl (C=O) groups is 1. The minimum absolute atomic E-state index is 0.0584. The van der Waals surface area contributed by atoms with Gasteiger partial charge in [0.05, 0.1) is 24.6 Å². The smallest absolute Gasteiger partial charge is 0.356 e. The highest BCUT2D eigenvalue weighted by Crippen LogP contribution is 2.12. The van der Waals surface area contributed by atoms with Crippen molar-refractivity contribution >= 4 is 11.8 Å². The Morgan fingerprint density at radius 2 is 2.21 bits per heavy atom. The minimum Gasteiger partial charge on any atom is -0.476 e. The molecule has 0 fully saturated rings. The average molecular weight is 258 g/mol. The Labute approximate surface area is 110 Å². The second kappa shape index (κ2) is 5.90. The Morgan fingerprint density at radius 3 is 2.84 bits per heavy atom. The quantitative estimate of drug-likeness (QED) is 0.877. The number of carboxylic acids is 1. The molecule has 0 aliphatic rings. The third kappa shape index (κ3) is 3.25. The van der Waals surface area contributed by atoms with Gasteiger partial charge in [0.25, 0.3) is 0 Å². The number of hydrogen-bond donors (Lipinski definition) is 1. The van der Waals surface area contributed by atoms with Crippen molar-refractivity contribution < 1.29 is 9.90 Å². The molecule has 0 bridgehead atoms. The van der Waals surface area contributed by atoms with Crippen LogP contribution in [0, 0.1) is 0 Å². The van der Waals surface area contributed by atoms with Gasteiger partial charge < -0.3 is 10.0 Å². The van der Waals surface area contributed by atoms with Crippen molar-refractivity contribution in [3.63, 3.8) is 0 Å². The summed E-state index contributed by atoms with van der Waals surface area (Å²) in [6.45, 7) is 3.22. The molecule has 2 heterocycles. The standard InChI is InChI=1S/C13H14N4O2/c1-2-17(9-10-5-3-4-6-15-10)12-8-14-7-11(16-12)13(18)19/h3-8H,2,9H2,1H3,(H,18,19). The zero-order valence-electron chi connectivity index (χ0n) is 10.5. The zero-order valence-corrected chi connectivity index (χ0v) is 10.5. The largest absolute Gasteiger partial charge is 0.476 e. The van der Waals surface area contributed by atoms with Crippen molar-refractivity contribution in [1.82, 2.24) is 15.0 Å². The number of carboxylic acid groups (broad SMARTS) is 1. The molecule has 98 valence electrons. The van der Waals surface area contributed by atoms with Crippen molar-refractivity contribution in [1.29, 1.82) is 0 Å². The van der Waals surface area contributed by atoms with Gasteiger partial charge in [-0.1, -0.05) is 6.07 Å². The molecule has 6 nitrogen and oxygen atoms in total. The summed E-state index contributed by atoms with van der Waals surface area (Å²) >= 11 is 0. The number of anilines is 1. The Kier molecular flexibility index (Phi) is 4.02. The van der Waals surface area contributed by atoms with Crippen molar-refractivity contribution in [2.45, 2.75) is 13.5 Å². The van der Waals surface area contributed by atoms with E-state index in [2.05, 4.69) is 15.0 Å². The predicted molar refractivity (Wildman–Crippen MR) is 70.0 cm³/mol. The molecule has 0 aliphatic carbocycles. The molecule has 6 heteroatoms. The van der Waals surface area contributed by atoms with Crippen LogP contribution < -0.4 is 4.90 Å². The first-order valence-corrected chi connectivity index (χ1v) is 5.91. The van der Waals surface area contributed by atoms with E-state index in [0.29, 0.717) is 18.9 Å². The second-order valence-electron chi connectivity index (χ2n) is 3.90. The lowest BCUT2D eigenvalue weighted by Crippen LogP contribution is -2.24. The van der Waals surface area contributed by atoms with Gasteiger partial charge >= 0.3 is 5.97 Å². The Balaban J connectivity index is 2.22. The van der Waals surface area contributed by atoms with Crippen LogP contribution in [0.4, 0.5) is 5.82 Å². The van der Waals surface area contributed by atoms with Crippen LogP contribution in [0.25, 0.3) is 0 Å². The highest BCUT2D eigenvalue weighted by Gasteiger charge is 2.11. The third-order valence-electron chi connectivity index (χ3n) is 2.63. The summed E-state index contributed by atoms with van der Waals surface area (Å²) in [7, 11) is 0. The van der Waals surface area contributed by atoms with Crippen molar-refractivity contribution in [2.24, 2.45) is 0 Å². The van der Waals surface area contributed by atoms with E-state index < -0.39 is 5.97 Å². The van der Waals surface area contributed by atoms with E-state index >= 15 is 0 Å². The van der Waals surface area contributed by atoms with Crippen molar-refractivity contribution in [2.75, 3.05) is 11.4 Å². The van der Waals surface area contributed by atoms with E-state index in [1.807, 2.05) is 30.0 Å². The molecule has 0 saturated carbocycles. The molecular formula is C13H14N4O2. The SMILES string of the molecule is CCN(Cc1ccccn1)c1cncc(C(=O)O)n1. The fraction of sp³-hybridized carbons (Fsp3) is 0.231. The molecule has 0 aliphatic heterocycles. The van der Waals surface area contributed by atoms with Gasteiger partial charge in [-0.3, -0.25) is 9.97 Å². The fourth-order valence-electron chi connectivity index (χ4n) is 1.65. The molecule has 0 amide bonds. The summed E-state index contributed by atoms with van der Waals surface area (Å²) < 4.78 is 0. The fourth-order valence-corrected chi connectivity index (χ4v) is 1.65. The lowest BCUT2D eigenvalue weighted by molar-refractivity contribution is 0.0690. The maximum atomic E-state index is 10.9. The second-order valence-corrected chi connectivity index (χ2v) is 3.90. The van der Waals surface area contributed by atoms with Gasteiger partial charge in [0.15, 0.2) is 5.69 Å². The number of aromatic nitrogens is 3. The van der Waals surface area contributed by atoms with Crippen LogP contribution in [0.1, 0.15) is 23.1 Å². The van der Waals surface area contributed by atoms with E-state index in [1.165, 1.54) is 6.20 Å². The number of rotatable bonds is 5. The summed E-state index contributed by atoms with van der Waals surface area (Å²) in [6, 6.07) is 5.68. The zero-order chi connectivity index (χ0) is 13.7. The summed E-state index contributed by atoms with van der Waals surface area (Å²) in [4.78, 5) is 25.0. The molecule has 0 unspecified atom stereocenters. The highest BCUT2D eigenvalue weighted by molar-refractivity contribution is 5.85. The molecule has 1 N–H and O–H groups in total. The first-order chi connectivity index (χ1) is 9.20. The number of nitrogens with zero attached hydrogens (tertiary/aromatic N) is 4. The van der Waals surface area contributed by atoms with Gasteiger partial charge in [-0.15, -0.1) is 0 Å². The third-order valence-corrected chi connectivity index (χ3v) is 2.63. The Bertz CT molecular complexity index is 560. The minimum atomic E-state index is -1.08. The van der Waals surface area contributed by atoms with E-state index in [0.717, 1.165) is 5.69 Å². The summed E-state index contributed by atoms with van der Waals surface area (Å²) in [5.74, 6) is -0.545. The van der Waals surface area contributed by atoms with Gasteiger partial charge in [0, 0.05) is 12.7 Å². The molecular weight excluding hydrogens is 244 g/mol. The lowest BCUT2D eigenvalue weighted by atomic mass is 10.3. The lowest BCUT2D eigenvalue weighted by Gasteiger charge is -2.21. The predicted octanol–water partition coefficient (Wildman–Crippen LogP) is 1.60. The van der Waals surface area contributed by atoms with Gasteiger partial charge in [0.1, 0.15) is 5.82 Å². The molecule has 19 heavy (non-hydrogen) atoms. The summed E-state index contributed by atoms with van der Waals surface area (Å²) in [5, 5.41) is 8.92. The van der Waals surface area contributed by atoms with Crippen molar-refractivity contribution in [3.05, 3.63) is 48.2 Å². The monoisotopic (exact) mass is 258 g/mol. The van der Waals surface area contributed by atoms with E-state index in [4.69, 9.17) is 5.11 Å². The van der Waals surface area contributed by atoms with Gasteiger partial charge in [-0.05, 0) is 19.1 Å². The molecule has 0 atom stereocenters. The molecule has 2 aromatic rings. The average Bonchev–Trinajstić information content (AvgIpc) is 2.46. The maximum absolute atomic E-state index is 10.9. The van der Waals surface area contributed by atoms with Crippen LogP contribution in [0.2, 0.25) is 0 Å². The van der Waals surface area contributed by atoms with E-state index in [9.17, 15) is 4.79 Å². The van der Waals surface area contributed by atoms with Gasteiger partial charge in [-0.2, -0.15) is 0 Å². The van der Waals surface area contributed by atoms with Gasteiger partial charge in [-0.25, -0.2) is 9.78 Å². The first kappa shape index (κ1) is 12.9. The summed E-state index contributed by atoms with van der Waals surface area (Å²) in [5.41, 5.74) is 0.837. The molecule has 0 aromatic carbocycles. The van der Waals surface area contributed by atoms with Crippen LogP contribution in [0.5, 0.6) is 0 Å². The van der Waals surface area contributed by atoms with Crippen LogP contribution in [-0.2, 0) is 6.54 Å². The van der Waals surface area contributed by atoms with E-state index in [-0.39, 0.29) is 5.69 Å². The summed E-state index contributed by atoms with van der Waals surface area (Å²) in [6.07, 6.45) is 4.52. The normalized spacial score (nSPS) is 10.2. The Morgan fingerprint density at radius 1 is 1.37 bits per heavy atom. The Hall–Kier alpha value is -2.50. The van der Waals surface area contributed by atoms with Crippen LogP contribution >= 0.6 is 0 Å². The van der Waals surface area contributed by atoms with Gasteiger partial charge in [0.2, 0.25) is 0 Å². The van der Waals surface area contributed by atoms with Crippen LogP contribution in [0.3, 0.4) is 0 Å². The van der Waals surface area contributed by atoms with Crippen LogP contribution in [0.15, 0.2) is 36.8 Å². The topological polar surface area (TPSA) is 79.2 Å². The van der Waals surface area contributed by atoms with Crippen molar-refractivity contribution in [3.8, 4) is 0 Å². The van der Waals surface area contributed by atoms with Crippen LogP contribution in [-0.4, -0.2) is 32.6 Å².